The Balaban J connectivity index is 1.43. The fourth-order valence-corrected chi connectivity index (χ4v) is 3.95. The number of aryl methyl sites for hydroxylation is 2. The highest BCUT2D eigenvalue weighted by atomic mass is 16.2. The molecule has 0 spiro atoms. The first-order valence-corrected chi connectivity index (χ1v) is 10.9. The van der Waals surface area contributed by atoms with Gasteiger partial charge in [-0.2, -0.15) is 4.68 Å². The number of carbonyl (C=O) groups excluding carboxylic acids is 1. The largest absolute Gasteiger partial charge is 0.355 e. The van der Waals surface area contributed by atoms with Gasteiger partial charge in [-0.1, -0.05) is 37.3 Å². The molecule has 2 aromatic carbocycles. The van der Waals surface area contributed by atoms with Crippen LogP contribution in [0.25, 0.3) is 5.69 Å². The number of nitrogens with one attached hydrogen (secondary N) is 1. The summed E-state index contributed by atoms with van der Waals surface area (Å²) in [6, 6.07) is 19.1. The Kier molecular flexibility index (Phi) is 6.16. The van der Waals surface area contributed by atoms with Gasteiger partial charge >= 0.3 is 0 Å². The molecule has 1 saturated heterocycles. The van der Waals surface area contributed by atoms with E-state index in [0.29, 0.717) is 0 Å². The van der Waals surface area contributed by atoms with Gasteiger partial charge in [0.15, 0.2) is 0 Å². The van der Waals surface area contributed by atoms with Crippen LogP contribution >= 0.6 is 0 Å². The van der Waals surface area contributed by atoms with Crippen molar-refractivity contribution < 1.29 is 4.79 Å². The van der Waals surface area contributed by atoms with Crippen LogP contribution in [0.3, 0.4) is 0 Å². The van der Waals surface area contributed by atoms with Gasteiger partial charge in [-0.25, -0.2) is 0 Å². The van der Waals surface area contributed by atoms with Crippen molar-refractivity contribution in [3.63, 3.8) is 0 Å². The van der Waals surface area contributed by atoms with Crippen molar-refractivity contribution in [1.82, 2.24) is 9.78 Å². The third-order valence-corrected chi connectivity index (χ3v) is 5.97. The highest BCUT2D eigenvalue weighted by molar-refractivity contribution is 5.93. The lowest BCUT2D eigenvalue weighted by Crippen LogP contribution is -2.39. The third kappa shape index (κ3) is 4.68. The molecule has 1 aliphatic rings. The number of carbonyl (C=O) groups is 1. The van der Waals surface area contributed by atoms with Crippen molar-refractivity contribution in [2.24, 2.45) is 5.92 Å². The lowest BCUT2D eigenvalue weighted by molar-refractivity contribution is -0.120. The molecule has 1 amide bonds. The van der Waals surface area contributed by atoms with E-state index in [9.17, 15) is 9.59 Å². The molecule has 0 unspecified atom stereocenters. The molecule has 0 bridgehead atoms. The van der Waals surface area contributed by atoms with E-state index in [4.69, 9.17) is 0 Å². The zero-order chi connectivity index (χ0) is 21.8. The number of hydrogen-bond acceptors (Lipinski definition) is 4. The molecule has 0 saturated carbocycles. The average molecular weight is 417 g/mol. The van der Waals surface area contributed by atoms with Crippen LogP contribution in [-0.4, -0.2) is 28.8 Å². The van der Waals surface area contributed by atoms with Crippen molar-refractivity contribution in [2.75, 3.05) is 23.3 Å². The Morgan fingerprint density at radius 3 is 2.42 bits per heavy atom. The molecule has 3 aromatic rings. The van der Waals surface area contributed by atoms with Gasteiger partial charge in [-0.3, -0.25) is 9.59 Å². The van der Waals surface area contributed by atoms with E-state index >= 15 is 0 Å². The van der Waals surface area contributed by atoms with Crippen LogP contribution in [0.15, 0.2) is 65.5 Å². The Morgan fingerprint density at radius 1 is 1.03 bits per heavy atom. The third-order valence-electron chi connectivity index (χ3n) is 5.97. The van der Waals surface area contributed by atoms with E-state index in [2.05, 4.69) is 22.2 Å². The number of benzene rings is 2. The Labute approximate surface area is 182 Å². The number of hydrogen-bond donors (Lipinski definition) is 1. The van der Waals surface area contributed by atoms with Gasteiger partial charge in [0.25, 0.3) is 5.56 Å². The first kappa shape index (κ1) is 20.8. The summed E-state index contributed by atoms with van der Waals surface area (Å²) in [6.45, 7) is 5.55. The molecule has 0 atom stereocenters. The highest BCUT2D eigenvalue weighted by Crippen LogP contribution is 2.24. The number of para-hydroxylation sites is 1. The molecule has 0 aliphatic carbocycles. The van der Waals surface area contributed by atoms with Crippen molar-refractivity contribution in [2.45, 2.75) is 33.1 Å². The molecule has 1 aromatic heterocycles. The van der Waals surface area contributed by atoms with E-state index in [1.54, 1.807) is 12.1 Å². The summed E-state index contributed by atoms with van der Waals surface area (Å²) >= 11 is 0. The van der Waals surface area contributed by atoms with E-state index in [-0.39, 0.29) is 17.4 Å². The van der Waals surface area contributed by atoms with Crippen LogP contribution in [0.1, 0.15) is 30.9 Å². The second-order valence-electron chi connectivity index (χ2n) is 8.03. The molecule has 1 aliphatic heterocycles. The van der Waals surface area contributed by atoms with Gasteiger partial charge in [0.2, 0.25) is 5.91 Å². The standard InChI is InChI=1S/C25H28N4O2/c1-3-19-8-10-21(11-9-19)29-24(30)13-12-23(27-29)28-16-14-20(15-17-28)25(31)26-22-7-5-4-6-18(22)2/h4-13,20H,3,14-17H2,1-2H3,(H,26,31). The van der Waals surface area contributed by atoms with Crippen LogP contribution in [0, 0.1) is 12.8 Å². The second-order valence-corrected chi connectivity index (χ2v) is 8.03. The van der Waals surface area contributed by atoms with E-state index < -0.39 is 0 Å². The molecule has 6 heteroatoms. The second kappa shape index (κ2) is 9.16. The normalized spacial score (nSPS) is 14.5. The molecule has 160 valence electrons. The first-order chi connectivity index (χ1) is 15.0. The summed E-state index contributed by atoms with van der Waals surface area (Å²) in [5.41, 5.74) is 3.76. The quantitative estimate of drug-likeness (QED) is 0.684. The van der Waals surface area contributed by atoms with Crippen molar-refractivity contribution in [1.29, 1.82) is 0 Å². The molecule has 6 nitrogen and oxygen atoms in total. The topological polar surface area (TPSA) is 67.2 Å². The maximum Gasteiger partial charge on any atom is 0.271 e. The summed E-state index contributed by atoms with van der Waals surface area (Å²) < 4.78 is 1.45. The fraction of sp³-hybridized carbons (Fsp3) is 0.320. The number of nitrogens with zero attached hydrogens (tertiary/aromatic N) is 3. The molecule has 1 N–H and O–H groups in total. The maximum atomic E-state index is 12.7. The van der Waals surface area contributed by atoms with E-state index in [1.807, 2.05) is 55.5 Å². The lowest BCUT2D eigenvalue weighted by atomic mass is 9.95. The SMILES string of the molecule is CCc1ccc(-n2nc(N3CCC(C(=O)Nc4ccccc4C)CC3)ccc2=O)cc1. The molecule has 0 radical (unpaired) electrons. The molecular formula is C25H28N4O2. The van der Waals surface area contributed by atoms with E-state index in [1.165, 1.54) is 10.2 Å². The summed E-state index contributed by atoms with van der Waals surface area (Å²) in [4.78, 5) is 27.2. The van der Waals surface area contributed by atoms with E-state index in [0.717, 1.165) is 55.1 Å². The van der Waals surface area contributed by atoms with Gasteiger partial charge < -0.3 is 10.2 Å². The van der Waals surface area contributed by atoms with Crippen LogP contribution in [0.5, 0.6) is 0 Å². The summed E-state index contributed by atoms with van der Waals surface area (Å²) in [5.74, 6) is 0.808. The highest BCUT2D eigenvalue weighted by Gasteiger charge is 2.26. The van der Waals surface area contributed by atoms with Crippen LogP contribution in [-0.2, 0) is 11.2 Å². The molecule has 31 heavy (non-hydrogen) atoms. The lowest BCUT2D eigenvalue weighted by Gasteiger charge is -2.32. The minimum atomic E-state index is -0.152. The first-order valence-electron chi connectivity index (χ1n) is 10.9. The van der Waals surface area contributed by atoms with Crippen molar-refractivity contribution >= 4 is 17.4 Å². The zero-order valence-corrected chi connectivity index (χ0v) is 18.0. The molecule has 2 heterocycles. The molecule has 1 fully saturated rings. The van der Waals surface area contributed by atoms with Gasteiger partial charge in [-0.15, -0.1) is 5.10 Å². The Morgan fingerprint density at radius 2 is 1.74 bits per heavy atom. The smallest absolute Gasteiger partial charge is 0.271 e. The molecule has 4 rings (SSSR count). The maximum absolute atomic E-state index is 12.7. The van der Waals surface area contributed by atoms with Crippen LogP contribution < -0.4 is 15.8 Å². The van der Waals surface area contributed by atoms with Gasteiger partial charge in [0.1, 0.15) is 5.82 Å². The number of aromatic nitrogens is 2. The average Bonchev–Trinajstić information content (AvgIpc) is 2.81. The number of amides is 1. The summed E-state index contributed by atoms with van der Waals surface area (Å²) in [6.07, 6.45) is 2.46. The zero-order valence-electron chi connectivity index (χ0n) is 18.0. The minimum absolute atomic E-state index is 0.0247. The van der Waals surface area contributed by atoms with Crippen molar-refractivity contribution in [3.05, 3.63) is 82.1 Å². The summed E-state index contributed by atoms with van der Waals surface area (Å²) in [7, 11) is 0. The fourth-order valence-electron chi connectivity index (χ4n) is 3.95. The Hall–Kier alpha value is -3.41. The van der Waals surface area contributed by atoms with Gasteiger partial charge in [0.05, 0.1) is 5.69 Å². The van der Waals surface area contributed by atoms with Crippen LogP contribution in [0.2, 0.25) is 0 Å². The number of anilines is 2. The number of rotatable bonds is 5. The minimum Gasteiger partial charge on any atom is -0.355 e. The van der Waals surface area contributed by atoms with Crippen LogP contribution in [0.4, 0.5) is 11.5 Å². The predicted molar refractivity (Wildman–Crippen MR) is 124 cm³/mol. The molecular weight excluding hydrogens is 388 g/mol. The monoisotopic (exact) mass is 416 g/mol. The summed E-state index contributed by atoms with van der Waals surface area (Å²) in [5, 5.41) is 7.66. The van der Waals surface area contributed by atoms with Crippen molar-refractivity contribution in [3.8, 4) is 5.69 Å². The van der Waals surface area contributed by atoms with Gasteiger partial charge in [-0.05, 0) is 61.6 Å². The predicted octanol–water partition coefficient (Wildman–Crippen LogP) is 3.96. The van der Waals surface area contributed by atoms with Gasteiger partial charge in [0, 0.05) is 30.8 Å². The number of piperidine rings is 1. The Bertz CT molecular complexity index is 1110.